The number of halogens is 1. The highest BCUT2D eigenvalue weighted by molar-refractivity contribution is 9.10. The summed E-state index contributed by atoms with van der Waals surface area (Å²) in [7, 11) is 0. The van der Waals surface area contributed by atoms with Gasteiger partial charge < -0.3 is 5.32 Å². The molecule has 0 spiro atoms. The van der Waals surface area contributed by atoms with Gasteiger partial charge in [0.2, 0.25) is 0 Å². The fourth-order valence-corrected chi connectivity index (χ4v) is 2.30. The quantitative estimate of drug-likeness (QED) is 0.388. The van der Waals surface area contributed by atoms with Crippen molar-refractivity contribution in [3.63, 3.8) is 0 Å². The predicted molar refractivity (Wildman–Crippen MR) is 82.7 cm³/mol. The van der Waals surface area contributed by atoms with Crippen LogP contribution in [-0.2, 0) is 0 Å². The molecule has 0 bridgehead atoms. The van der Waals surface area contributed by atoms with Crippen molar-refractivity contribution in [1.82, 2.24) is 0 Å². The highest BCUT2D eigenvalue weighted by Crippen LogP contribution is 2.27. The van der Waals surface area contributed by atoms with E-state index < -0.39 is 0 Å². The molecule has 1 N–H and O–H groups in total. The third-order valence-corrected chi connectivity index (χ3v) is 3.49. The number of nitrogens with zero attached hydrogens (tertiary/aromatic N) is 1. The fourth-order valence-electron chi connectivity index (χ4n) is 1.94. The van der Waals surface area contributed by atoms with Crippen LogP contribution in [0.25, 0.3) is 0 Å². The Labute approximate surface area is 122 Å². The molecular formula is C14H21BrN2O2. The predicted octanol–water partition coefficient (Wildman–Crippen LogP) is 5.13. The monoisotopic (exact) mass is 328 g/mol. The van der Waals surface area contributed by atoms with E-state index in [4.69, 9.17) is 0 Å². The Morgan fingerprint density at radius 2 is 1.89 bits per heavy atom. The molecule has 1 rings (SSSR count). The summed E-state index contributed by atoms with van der Waals surface area (Å²) >= 11 is 3.33. The number of anilines is 1. The minimum atomic E-state index is -0.351. The van der Waals surface area contributed by atoms with Crippen LogP contribution in [0.5, 0.6) is 0 Å². The molecule has 19 heavy (non-hydrogen) atoms. The molecule has 0 fully saturated rings. The molecule has 1 aromatic rings. The van der Waals surface area contributed by atoms with Crippen molar-refractivity contribution >= 4 is 27.3 Å². The van der Waals surface area contributed by atoms with Gasteiger partial charge in [-0.3, -0.25) is 10.1 Å². The Morgan fingerprint density at radius 1 is 1.21 bits per heavy atom. The van der Waals surface area contributed by atoms with Gasteiger partial charge in [0, 0.05) is 17.1 Å². The zero-order valence-corrected chi connectivity index (χ0v) is 12.9. The molecule has 0 saturated heterocycles. The maximum absolute atomic E-state index is 10.9. The molecule has 0 amide bonds. The molecule has 4 nitrogen and oxygen atoms in total. The van der Waals surface area contributed by atoms with E-state index >= 15 is 0 Å². The second-order valence-electron chi connectivity index (χ2n) is 4.61. The maximum atomic E-state index is 10.9. The summed E-state index contributed by atoms with van der Waals surface area (Å²) in [5, 5.41) is 14.0. The number of nitro benzene ring substituents is 1. The van der Waals surface area contributed by atoms with E-state index in [-0.39, 0.29) is 10.6 Å². The van der Waals surface area contributed by atoms with Crippen LogP contribution in [0.3, 0.4) is 0 Å². The number of unbranched alkanes of at least 4 members (excludes halogenated alkanes) is 5. The molecule has 0 atom stereocenters. The first-order chi connectivity index (χ1) is 9.15. The number of benzene rings is 1. The summed E-state index contributed by atoms with van der Waals surface area (Å²) in [6.45, 7) is 2.98. The first kappa shape index (κ1) is 16.0. The highest BCUT2D eigenvalue weighted by Gasteiger charge is 2.12. The van der Waals surface area contributed by atoms with E-state index in [1.54, 1.807) is 12.1 Å². The van der Waals surface area contributed by atoms with Crippen LogP contribution in [0.1, 0.15) is 45.4 Å². The molecule has 0 aliphatic rings. The van der Waals surface area contributed by atoms with Crippen molar-refractivity contribution in [3.05, 3.63) is 32.8 Å². The lowest BCUT2D eigenvalue weighted by molar-refractivity contribution is -0.384. The van der Waals surface area contributed by atoms with Crippen molar-refractivity contribution in [2.45, 2.75) is 45.4 Å². The highest BCUT2D eigenvalue weighted by atomic mass is 79.9. The third-order valence-electron chi connectivity index (χ3n) is 3.00. The third kappa shape index (κ3) is 6.05. The van der Waals surface area contributed by atoms with Gasteiger partial charge in [-0.2, -0.15) is 0 Å². The van der Waals surface area contributed by atoms with Crippen LogP contribution in [0.4, 0.5) is 11.4 Å². The molecule has 0 aliphatic carbocycles. The van der Waals surface area contributed by atoms with Gasteiger partial charge in [0.1, 0.15) is 5.69 Å². The summed E-state index contributed by atoms with van der Waals surface area (Å²) in [4.78, 5) is 10.5. The Kier molecular flexibility index (Phi) is 7.48. The SMILES string of the molecule is CCCCCCCCNc1cc(Br)ccc1[N+](=O)[O-]. The minimum absolute atomic E-state index is 0.134. The zero-order valence-electron chi connectivity index (χ0n) is 11.3. The first-order valence-corrected chi connectivity index (χ1v) is 7.62. The van der Waals surface area contributed by atoms with Crippen LogP contribution in [0.2, 0.25) is 0 Å². The van der Waals surface area contributed by atoms with Crippen LogP contribution in [0, 0.1) is 10.1 Å². The normalized spacial score (nSPS) is 10.4. The van der Waals surface area contributed by atoms with E-state index in [1.807, 2.05) is 0 Å². The number of hydrogen-bond donors (Lipinski definition) is 1. The van der Waals surface area contributed by atoms with Crippen molar-refractivity contribution in [3.8, 4) is 0 Å². The largest absolute Gasteiger partial charge is 0.379 e. The summed E-state index contributed by atoms with van der Waals surface area (Å²) in [5.41, 5.74) is 0.724. The molecule has 0 heterocycles. The van der Waals surface area contributed by atoms with E-state index in [0.29, 0.717) is 5.69 Å². The molecule has 106 valence electrons. The molecule has 0 unspecified atom stereocenters. The smallest absolute Gasteiger partial charge is 0.292 e. The van der Waals surface area contributed by atoms with E-state index in [9.17, 15) is 10.1 Å². The molecule has 0 saturated carbocycles. The molecule has 1 aromatic carbocycles. The number of nitro groups is 1. The van der Waals surface area contributed by atoms with Gasteiger partial charge >= 0.3 is 0 Å². The summed E-state index contributed by atoms with van der Waals surface area (Å²) in [6.07, 6.45) is 7.30. The topological polar surface area (TPSA) is 55.2 Å². The minimum Gasteiger partial charge on any atom is -0.379 e. The van der Waals surface area contributed by atoms with E-state index in [0.717, 1.165) is 17.4 Å². The molecule has 5 heteroatoms. The maximum Gasteiger partial charge on any atom is 0.292 e. The van der Waals surface area contributed by atoms with Gasteiger partial charge in [0.05, 0.1) is 4.92 Å². The van der Waals surface area contributed by atoms with Crippen LogP contribution in [0.15, 0.2) is 22.7 Å². The van der Waals surface area contributed by atoms with E-state index in [2.05, 4.69) is 28.2 Å². The molecule has 0 aromatic heterocycles. The Balaban J connectivity index is 2.36. The van der Waals surface area contributed by atoms with E-state index in [1.165, 1.54) is 38.2 Å². The van der Waals surface area contributed by atoms with Crippen LogP contribution < -0.4 is 5.32 Å². The van der Waals surface area contributed by atoms with Gasteiger partial charge in [-0.15, -0.1) is 0 Å². The van der Waals surface area contributed by atoms with Gasteiger partial charge in [-0.1, -0.05) is 55.0 Å². The van der Waals surface area contributed by atoms with Crippen LogP contribution >= 0.6 is 15.9 Å². The molecule has 0 aliphatic heterocycles. The van der Waals surface area contributed by atoms with Crippen molar-refractivity contribution in [1.29, 1.82) is 0 Å². The number of rotatable bonds is 9. The Hall–Kier alpha value is -1.10. The van der Waals surface area contributed by atoms with Gasteiger partial charge in [-0.25, -0.2) is 0 Å². The lowest BCUT2D eigenvalue weighted by Crippen LogP contribution is -2.04. The standard InChI is InChI=1S/C14H21BrN2O2/c1-2-3-4-5-6-7-10-16-13-11-12(15)8-9-14(13)17(18)19/h8-9,11,16H,2-7,10H2,1H3. The Morgan fingerprint density at radius 3 is 2.58 bits per heavy atom. The second kappa shape index (κ2) is 8.91. The van der Waals surface area contributed by atoms with Crippen molar-refractivity contribution in [2.24, 2.45) is 0 Å². The summed E-state index contributed by atoms with van der Waals surface area (Å²) in [5.74, 6) is 0. The van der Waals surface area contributed by atoms with Gasteiger partial charge in [0.25, 0.3) is 5.69 Å². The lowest BCUT2D eigenvalue weighted by Gasteiger charge is -2.07. The average Bonchev–Trinajstić information content (AvgIpc) is 2.37. The average molecular weight is 329 g/mol. The lowest BCUT2D eigenvalue weighted by atomic mass is 10.1. The first-order valence-electron chi connectivity index (χ1n) is 6.83. The molecule has 0 radical (unpaired) electrons. The Bertz CT molecular complexity index is 410. The molecular weight excluding hydrogens is 308 g/mol. The van der Waals surface area contributed by atoms with Gasteiger partial charge in [0.15, 0.2) is 0 Å². The zero-order chi connectivity index (χ0) is 14.1. The van der Waals surface area contributed by atoms with Crippen molar-refractivity contribution in [2.75, 3.05) is 11.9 Å². The summed E-state index contributed by atoms with van der Waals surface area (Å²) in [6, 6.07) is 4.97. The fraction of sp³-hybridized carbons (Fsp3) is 0.571. The van der Waals surface area contributed by atoms with Crippen LogP contribution in [-0.4, -0.2) is 11.5 Å². The number of hydrogen-bond acceptors (Lipinski definition) is 3. The second-order valence-corrected chi connectivity index (χ2v) is 5.53. The van der Waals surface area contributed by atoms with Gasteiger partial charge in [-0.05, 0) is 18.6 Å². The summed E-state index contributed by atoms with van der Waals surface area (Å²) < 4.78 is 0.851. The van der Waals surface area contributed by atoms with Crippen molar-refractivity contribution < 1.29 is 4.92 Å². The number of nitrogens with one attached hydrogen (secondary N) is 1.